The summed E-state index contributed by atoms with van der Waals surface area (Å²) in [5.74, 6) is -1.53. The van der Waals surface area contributed by atoms with E-state index in [2.05, 4.69) is 0 Å². The van der Waals surface area contributed by atoms with Crippen LogP contribution in [0.25, 0.3) is 0 Å². The number of carboxylic acids is 1. The summed E-state index contributed by atoms with van der Waals surface area (Å²) >= 11 is 0. The van der Waals surface area contributed by atoms with E-state index in [1.165, 1.54) is 6.42 Å². The molecule has 98 valence electrons. The van der Waals surface area contributed by atoms with Crippen molar-refractivity contribution in [3.63, 3.8) is 0 Å². The van der Waals surface area contributed by atoms with E-state index in [4.69, 9.17) is 19.3 Å². The molecule has 1 N–H and O–H groups in total. The number of carboxylic acid groups (broad SMARTS) is 1. The summed E-state index contributed by atoms with van der Waals surface area (Å²) in [4.78, 5) is 10.6. The van der Waals surface area contributed by atoms with Gasteiger partial charge in [0.15, 0.2) is 5.79 Å². The zero-order valence-electron chi connectivity index (χ0n) is 10.2. The predicted octanol–water partition coefficient (Wildman–Crippen LogP) is 1.55. The maximum absolute atomic E-state index is 10.6. The van der Waals surface area contributed by atoms with Crippen LogP contribution in [0.2, 0.25) is 0 Å². The lowest BCUT2D eigenvalue weighted by Crippen LogP contribution is -2.34. The van der Waals surface area contributed by atoms with E-state index in [9.17, 15) is 4.79 Å². The van der Waals surface area contributed by atoms with Crippen molar-refractivity contribution >= 4 is 5.97 Å². The summed E-state index contributed by atoms with van der Waals surface area (Å²) in [5.41, 5.74) is 0. The van der Waals surface area contributed by atoms with Crippen molar-refractivity contribution in [3.8, 4) is 0 Å². The first-order chi connectivity index (χ1) is 8.07. The Balaban J connectivity index is 1.81. The van der Waals surface area contributed by atoms with Crippen molar-refractivity contribution in [2.45, 2.75) is 57.0 Å². The first kappa shape index (κ1) is 12.8. The van der Waals surface area contributed by atoms with E-state index in [1.807, 2.05) is 6.92 Å². The third-order valence-corrected chi connectivity index (χ3v) is 3.27. The summed E-state index contributed by atoms with van der Waals surface area (Å²) in [7, 11) is 0. The molecule has 2 aliphatic rings. The van der Waals surface area contributed by atoms with Crippen LogP contribution >= 0.6 is 0 Å². The molecule has 0 aromatic heterocycles. The molecule has 5 nitrogen and oxygen atoms in total. The second-order valence-corrected chi connectivity index (χ2v) is 4.98. The zero-order valence-corrected chi connectivity index (χ0v) is 10.2. The van der Waals surface area contributed by atoms with E-state index in [0.717, 1.165) is 19.4 Å². The van der Waals surface area contributed by atoms with Crippen LogP contribution < -0.4 is 0 Å². The van der Waals surface area contributed by atoms with Crippen molar-refractivity contribution in [2.24, 2.45) is 0 Å². The maximum atomic E-state index is 10.6. The van der Waals surface area contributed by atoms with Gasteiger partial charge in [0.1, 0.15) is 0 Å². The lowest BCUT2D eigenvalue weighted by Gasteiger charge is -2.30. The van der Waals surface area contributed by atoms with Gasteiger partial charge in [0.25, 0.3) is 0 Å². The van der Waals surface area contributed by atoms with Crippen LogP contribution in [0.3, 0.4) is 0 Å². The van der Waals surface area contributed by atoms with Crippen LogP contribution in [-0.2, 0) is 19.0 Å². The molecule has 0 aliphatic carbocycles. The second kappa shape index (κ2) is 5.33. The number of carbonyl (C=O) groups is 1. The van der Waals surface area contributed by atoms with Crippen LogP contribution in [0.1, 0.15) is 39.0 Å². The van der Waals surface area contributed by atoms with Crippen LogP contribution in [0, 0.1) is 0 Å². The number of ether oxygens (including phenoxy) is 3. The molecular formula is C12H20O5. The van der Waals surface area contributed by atoms with Crippen LogP contribution in [0.4, 0.5) is 0 Å². The van der Waals surface area contributed by atoms with E-state index in [-0.39, 0.29) is 18.6 Å². The van der Waals surface area contributed by atoms with Gasteiger partial charge < -0.3 is 19.3 Å². The average molecular weight is 244 g/mol. The molecular weight excluding hydrogens is 224 g/mol. The molecule has 2 heterocycles. The minimum atomic E-state index is -0.850. The highest BCUT2D eigenvalue weighted by molar-refractivity contribution is 5.67. The molecule has 0 spiro atoms. The van der Waals surface area contributed by atoms with Gasteiger partial charge in [0.2, 0.25) is 0 Å². The van der Waals surface area contributed by atoms with E-state index in [0.29, 0.717) is 13.0 Å². The normalized spacial score (nSPS) is 38.2. The van der Waals surface area contributed by atoms with Gasteiger partial charge in [-0.3, -0.25) is 4.79 Å². The van der Waals surface area contributed by atoms with Gasteiger partial charge in [-0.15, -0.1) is 0 Å². The molecule has 5 heteroatoms. The van der Waals surface area contributed by atoms with Gasteiger partial charge in [-0.1, -0.05) is 0 Å². The molecule has 3 unspecified atom stereocenters. The Kier molecular flexibility index (Phi) is 4.01. The Morgan fingerprint density at radius 1 is 1.41 bits per heavy atom. The summed E-state index contributed by atoms with van der Waals surface area (Å²) in [6.45, 7) is 3.03. The zero-order chi connectivity index (χ0) is 12.3. The molecule has 0 amide bonds. The fourth-order valence-electron chi connectivity index (χ4n) is 2.47. The van der Waals surface area contributed by atoms with Gasteiger partial charge in [-0.2, -0.15) is 0 Å². The fraction of sp³-hybridized carbons (Fsp3) is 0.917. The summed E-state index contributed by atoms with van der Waals surface area (Å²) in [6, 6.07) is 0. The number of hydrogen-bond acceptors (Lipinski definition) is 4. The number of rotatable bonds is 4. The second-order valence-electron chi connectivity index (χ2n) is 4.98. The molecule has 0 saturated carbocycles. The van der Waals surface area contributed by atoms with Crippen molar-refractivity contribution in [1.82, 2.24) is 0 Å². The summed E-state index contributed by atoms with van der Waals surface area (Å²) in [6.07, 6.45) is 3.87. The molecule has 2 aliphatic heterocycles. The van der Waals surface area contributed by atoms with Crippen molar-refractivity contribution in [1.29, 1.82) is 0 Å². The quantitative estimate of drug-likeness (QED) is 0.812. The lowest BCUT2D eigenvalue weighted by molar-refractivity contribution is -0.183. The predicted molar refractivity (Wildman–Crippen MR) is 59.7 cm³/mol. The van der Waals surface area contributed by atoms with Gasteiger partial charge in [-0.05, 0) is 26.2 Å². The van der Waals surface area contributed by atoms with Crippen LogP contribution in [-0.4, -0.2) is 42.3 Å². The SMILES string of the molecule is CC1(CC2CCCCO2)OCC(CC(=O)O)O1. The highest BCUT2D eigenvalue weighted by Gasteiger charge is 2.40. The Labute approximate surface area is 101 Å². The van der Waals surface area contributed by atoms with Crippen molar-refractivity contribution < 1.29 is 24.1 Å². The van der Waals surface area contributed by atoms with Crippen LogP contribution in [0.5, 0.6) is 0 Å². The Morgan fingerprint density at radius 2 is 2.24 bits per heavy atom. The number of aliphatic carboxylic acids is 1. The molecule has 0 radical (unpaired) electrons. The standard InChI is InChI=1S/C12H20O5/c1-12(7-9-4-2-3-5-15-9)16-8-10(17-12)6-11(13)14/h9-10H,2-8H2,1H3,(H,13,14). The topological polar surface area (TPSA) is 65.0 Å². The minimum Gasteiger partial charge on any atom is -0.481 e. The smallest absolute Gasteiger partial charge is 0.306 e. The Hall–Kier alpha value is -0.650. The summed E-state index contributed by atoms with van der Waals surface area (Å²) < 4.78 is 16.9. The molecule has 2 fully saturated rings. The first-order valence-electron chi connectivity index (χ1n) is 6.22. The van der Waals surface area contributed by atoms with E-state index in [1.54, 1.807) is 0 Å². The molecule has 0 aromatic carbocycles. The van der Waals surface area contributed by atoms with Gasteiger partial charge in [-0.25, -0.2) is 0 Å². The third-order valence-electron chi connectivity index (χ3n) is 3.27. The fourth-order valence-corrected chi connectivity index (χ4v) is 2.47. The van der Waals surface area contributed by atoms with E-state index < -0.39 is 11.8 Å². The molecule has 17 heavy (non-hydrogen) atoms. The van der Waals surface area contributed by atoms with Crippen molar-refractivity contribution in [2.75, 3.05) is 13.2 Å². The van der Waals surface area contributed by atoms with Gasteiger partial charge in [0.05, 0.1) is 25.2 Å². The molecule has 0 aromatic rings. The number of hydrogen-bond donors (Lipinski definition) is 1. The van der Waals surface area contributed by atoms with E-state index >= 15 is 0 Å². The Bertz CT molecular complexity index is 274. The summed E-state index contributed by atoms with van der Waals surface area (Å²) in [5, 5.41) is 8.71. The lowest BCUT2D eigenvalue weighted by atomic mass is 10.0. The van der Waals surface area contributed by atoms with Gasteiger partial charge >= 0.3 is 5.97 Å². The average Bonchev–Trinajstić information content (AvgIpc) is 2.60. The molecule has 0 bridgehead atoms. The third kappa shape index (κ3) is 3.66. The Morgan fingerprint density at radius 3 is 2.88 bits per heavy atom. The highest BCUT2D eigenvalue weighted by Crippen LogP contribution is 2.32. The molecule has 2 rings (SSSR count). The largest absolute Gasteiger partial charge is 0.481 e. The highest BCUT2D eigenvalue weighted by atomic mass is 16.7. The van der Waals surface area contributed by atoms with Crippen LogP contribution in [0.15, 0.2) is 0 Å². The first-order valence-corrected chi connectivity index (χ1v) is 6.22. The maximum Gasteiger partial charge on any atom is 0.306 e. The van der Waals surface area contributed by atoms with Gasteiger partial charge in [0, 0.05) is 13.0 Å². The van der Waals surface area contributed by atoms with Crippen molar-refractivity contribution in [3.05, 3.63) is 0 Å². The monoisotopic (exact) mass is 244 g/mol. The molecule has 3 atom stereocenters. The molecule has 2 saturated heterocycles. The minimum absolute atomic E-state index is 0.00110.